The van der Waals surface area contributed by atoms with Crippen molar-refractivity contribution in [1.82, 2.24) is 0 Å². The molecule has 0 aliphatic heterocycles. The van der Waals surface area contributed by atoms with Gasteiger partial charge in [-0.3, -0.25) is 0 Å². The summed E-state index contributed by atoms with van der Waals surface area (Å²) >= 11 is 7.75. The van der Waals surface area contributed by atoms with Gasteiger partial charge in [-0.05, 0) is 18.1 Å². The van der Waals surface area contributed by atoms with E-state index in [1.54, 1.807) is 11.8 Å². The molecule has 0 heterocycles. The predicted octanol–water partition coefficient (Wildman–Crippen LogP) is 3.42. The summed E-state index contributed by atoms with van der Waals surface area (Å²) in [5.41, 5.74) is 5.95. The van der Waals surface area contributed by atoms with Crippen LogP contribution in [0.4, 0.5) is 0 Å². The summed E-state index contributed by atoms with van der Waals surface area (Å²) in [6.07, 6.45) is 0. The topological polar surface area (TPSA) is 26.0 Å². The van der Waals surface area contributed by atoms with Crippen LogP contribution in [0.1, 0.15) is 13.8 Å². The first-order chi connectivity index (χ1) is 6.61. The van der Waals surface area contributed by atoms with Crippen LogP contribution in [0.15, 0.2) is 29.2 Å². The smallest absolute Gasteiger partial charge is 0.0541 e. The van der Waals surface area contributed by atoms with Crippen LogP contribution in [0.5, 0.6) is 0 Å². The van der Waals surface area contributed by atoms with Crippen LogP contribution in [0, 0.1) is 5.92 Å². The average molecular weight is 230 g/mol. The Morgan fingerprint density at radius 3 is 2.57 bits per heavy atom. The molecule has 0 fully saturated rings. The third-order valence-electron chi connectivity index (χ3n) is 2.12. The third-order valence-corrected chi connectivity index (χ3v) is 3.78. The molecule has 78 valence electrons. The molecule has 1 aromatic rings. The first-order valence-electron chi connectivity index (χ1n) is 4.74. The van der Waals surface area contributed by atoms with E-state index in [9.17, 15) is 0 Å². The van der Waals surface area contributed by atoms with E-state index in [-0.39, 0.29) is 6.04 Å². The van der Waals surface area contributed by atoms with Gasteiger partial charge in [0.05, 0.1) is 5.02 Å². The molecule has 0 aromatic heterocycles. The van der Waals surface area contributed by atoms with E-state index < -0.39 is 0 Å². The molecule has 0 amide bonds. The minimum absolute atomic E-state index is 0.233. The van der Waals surface area contributed by atoms with Crippen molar-refractivity contribution >= 4 is 23.4 Å². The summed E-state index contributed by atoms with van der Waals surface area (Å²) in [7, 11) is 0. The summed E-state index contributed by atoms with van der Waals surface area (Å²) in [6, 6.07) is 8.10. The maximum atomic E-state index is 6.03. The van der Waals surface area contributed by atoms with Crippen LogP contribution in [0.3, 0.4) is 0 Å². The van der Waals surface area contributed by atoms with Gasteiger partial charge in [0, 0.05) is 16.7 Å². The van der Waals surface area contributed by atoms with Crippen molar-refractivity contribution in [2.24, 2.45) is 11.7 Å². The Morgan fingerprint density at radius 2 is 2.00 bits per heavy atom. The molecular weight excluding hydrogens is 214 g/mol. The number of thioether (sulfide) groups is 1. The van der Waals surface area contributed by atoms with Crippen molar-refractivity contribution in [3.8, 4) is 0 Å². The van der Waals surface area contributed by atoms with Gasteiger partial charge < -0.3 is 5.73 Å². The SMILES string of the molecule is CC(C)C(N)CSc1ccccc1Cl. The van der Waals surface area contributed by atoms with E-state index in [0.29, 0.717) is 5.92 Å². The lowest BCUT2D eigenvalue weighted by molar-refractivity contribution is 0.535. The number of halogens is 1. The fourth-order valence-corrected chi connectivity index (χ4v) is 2.38. The molecule has 0 saturated carbocycles. The van der Waals surface area contributed by atoms with Crippen LogP contribution < -0.4 is 5.73 Å². The molecule has 0 saturated heterocycles. The first kappa shape index (κ1) is 11.9. The molecule has 1 rings (SSSR count). The largest absolute Gasteiger partial charge is 0.327 e. The van der Waals surface area contributed by atoms with Gasteiger partial charge in [0.25, 0.3) is 0 Å². The minimum atomic E-state index is 0.233. The van der Waals surface area contributed by atoms with Crippen molar-refractivity contribution < 1.29 is 0 Å². The van der Waals surface area contributed by atoms with Crippen molar-refractivity contribution in [1.29, 1.82) is 0 Å². The summed E-state index contributed by atoms with van der Waals surface area (Å²) in [5, 5.41) is 0.813. The highest BCUT2D eigenvalue weighted by Gasteiger charge is 2.08. The molecule has 14 heavy (non-hydrogen) atoms. The van der Waals surface area contributed by atoms with Crippen molar-refractivity contribution in [2.75, 3.05) is 5.75 Å². The molecule has 0 radical (unpaired) electrons. The minimum Gasteiger partial charge on any atom is -0.327 e. The van der Waals surface area contributed by atoms with E-state index in [0.717, 1.165) is 15.7 Å². The maximum absolute atomic E-state index is 6.03. The van der Waals surface area contributed by atoms with Gasteiger partial charge in [-0.1, -0.05) is 37.6 Å². The highest BCUT2D eigenvalue weighted by Crippen LogP contribution is 2.27. The highest BCUT2D eigenvalue weighted by atomic mass is 35.5. The molecule has 1 atom stereocenters. The average Bonchev–Trinajstić information content (AvgIpc) is 2.16. The molecule has 1 unspecified atom stereocenters. The number of hydrogen-bond acceptors (Lipinski definition) is 2. The van der Waals surface area contributed by atoms with Gasteiger partial charge in [-0.25, -0.2) is 0 Å². The Kier molecular flexibility index (Phi) is 4.79. The second-order valence-corrected chi connectivity index (χ2v) is 5.12. The molecule has 0 spiro atoms. The number of hydrogen-bond donors (Lipinski definition) is 1. The zero-order chi connectivity index (χ0) is 10.6. The number of benzene rings is 1. The van der Waals surface area contributed by atoms with Gasteiger partial charge in [-0.2, -0.15) is 0 Å². The summed E-state index contributed by atoms with van der Waals surface area (Å²) < 4.78 is 0. The lowest BCUT2D eigenvalue weighted by Gasteiger charge is -2.15. The fourth-order valence-electron chi connectivity index (χ4n) is 0.940. The standard InChI is InChI=1S/C11H16ClNS/c1-8(2)10(13)7-14-11-6-4-3-5-9(11)12/h3-6,8,10H,7,13H2,1-2H3. The van der Waals surface area contributed by atoms with Crippen LogP contribution in [0.2, 0.25) is 5.02 Å². The van der Waals surface area contributed by atoms with E-state index >= 15 is 0 Å². The monoisotopic (exact) mass is 229 g/mol. The molecular formula is C11H16ClNS. The number of nitrogens with two attached hydrogens (primary N) is 1. The van der Waals surface area contributed by atoms with E-state index in [4.69, 9.17) is 17.3 Å². The fraction of sp³-hybridized carbons (Fsp3) is 0.455. The Morgan fingerprint density at radius 1 is 1.36 bits per heavy atom. The molecule has 0 aliphatic rings. The van der Waals surface area contributed by atoms with E-state index in [1.165, 1.54) is 0 Å². The van der Waals surface area contributed by atoms with Gasteiger partial charge >= 0.3 is 0 Å². The number of rotatable bonds is 4. The quantitative estimate of drug-likeness (QED) is 0.801. The summed E-state index contributed by atoms with van der Waals surface area (Å²) in [6.45, 7) is 4.27. The predicted molar refractivity (Wildman–Crippen MR) is 65.0 cm³/mol. The zero-order valence-corrected chi connectivity index (χ0v) is 10.1. The molecule has 0 aliphatic carbocycles. The van der Waals surface area contributed by atoms with Gasteiger partial charge in [0.2, 0.25) is 0 Å². The van der Waals surface area contributed by atoms with Gasteiger partial charge in [0.1, 0.15) is 0 Å². The van der Waals surface area contributed by atoms with Crippen LogP contribution in [-0.4, -0.2) is 11.8 Å². The van der Waals surface area contributed by atoms with E-state index in [1.807, 2.05) is 24.3 Å². The van der Waals surface area contributed by atoms with Crippen molar-refractivity contribution in [3.63, 3.8) is 0 Å². The highest BCUT2D eigenvalue weighted by molar-refractivity contribution is 7.99. The maximum Gasteiger partial charge on any atom is 0.0541 e. The summed E-state index contributed by atoms with van der Waals surface area (Å²) in [4.78, 5) is 1.12. The van der Waals surface area contributed by atoms with E-state index in [2.05, 4.69) is 13.8 Å². The lowest BCUT2D eigenvalue weighted by atomic mass is 10.1. The van der Waals surface area contributed by atoms with Crippen LogP contribution in [0.25, 0.3) is 0 Å². The molecule has 1 nitrogen and oxygen atoms in total. The lowest BCUT2D eigenvalue weighted by Crippen LogP contribution is -2.28. The Labute approximate surface area is 95.0 Å². The molecule has 2 N–H and O–H groups in total. The molecule has 0 bridgehead atoms. The Bertz CT molecular complexity index is 288. The van der Waals surface area contributed by atoms with Crippen molar-refractivity contribution in [3.05, 3.63) is 29.3 Å². The second kappa shape index (κ2) is 5.64. The zero-order valence-electron chi connectivity index (χ0n) is 8.53. The Hall–Kier alpha value is -0.180. The van der Waals surface area contributed by atoms with Crippen molar-refractivity contribution in [2.45, 2.75) is 24.8 Å². The first-order valence-corrected chi connectivity index (χ1v) is 6.10. The molecule has 1 aromatic carbocycles. The second-order valence-electron chi connectivity index (χ2n) is 3.65. The Balaban J connectivity index is 2.50. The normalized spacial score (nSPS) is 13.2. The molecule has 3 heteroatoms. The van der Waals surface area contributed by atoms with Crippen LogP contribution in [-0.2, 0) is 0 Å². The summed E-state index contributed by atoms with van der Waals surface area (Å²) in [5.74, 6) is 1.44. The van der Waals surface area contributed by atoms with Gasteiger partial charge in [0.15, 0.2) is 0 Å². The van der Waals surface area contributed by atoms with Gasteiger partial charge in [-0.15, -0.1) is 11.8 Å². The van der Waals surface area contributed by atoms with Crippen LogP contribution >= 0.6 is 23.4 Å². The third kappa shape index (κ3) is 3.52.